The van der Waals surface area contributed by atoms with Gasteiger partial charge in [0.1, 0.15) is 23.1 Å². The van der Waals surface area contributed by atoms with E-state index in [1.165, 1.54) is 13.0 Å². The molecule has 7 heteroatoms. The number of ether oxygens (including phenoxy) is 1. The predicted molar refractivity (Wildman–Crippen MR) is 81.2 cm³/mol. The molecule has 2 amide bonds. The topological polar surface area (TPSA) is 67.4 Å². The lowest BCUT2D eigenvalue weighted by molar-refractivity contribution is -0.118. The molecular weight excluding hydrogens is 306 g/mol. The molecule has 0 aliphatic heterocycles. The molecule has 0 heterocycles. The second kappa shape index (κ2) is 7.35. The highest BCUT2D eigenvalue weighted by Gasteiger charge is 2.13. The third kappa shape index (κ3) is 4.50. The zero-order chi connectivity index (χ0) is 16.8. The molecule has 0 bridgehead atoms. The smallest absolute Gasteiger partial charge is 0.262 e. The zero-order valence-corrected chi connectivity index (χ0v) is 12.2. The zero-order valence-electron chi connectivity index (χ0n) is 12.2. The Morgan fingerprint density at radius 2 is 1.65 bits per heavy atom. The minimum Gasteiger partial charge on any atom is -0.482 e. The van der Waals surface area contributed by atoms with E-state index in [-0.39, 0.29) is 11.7 Å². The van der Waals surface area contributed by atoms with Crippen LogP contribution in [0.4, 0.5) is 20.2 Å². The number of hydrogen-bond donors (Lipinski definition) is 2. The van der Waals surface area contributed by atoms with Crippen LogP contribution in [-0.2, 0) is 9.59 Å². The maximum atomic E-state index is 13.4. The normalized spacial score (nSPS) is 10.0. The second-order valence-corrected chi connectivity index (χ2v) is 4.61. The molecule has 0 fully saturated rings. The van der Waals surface area contributed by atoms with Crippen molar-refractivity contribution in [1.29, 1.82) is 0 Å². The number of hydrogen-bond acceptors (Lipinski definition) is 3. The van der Waals surface area contributed by atoms with E-state index in [2.05, 4.69) is 10.6 Å². The van der Waals surface area contributed by atoms with E-state index in [0.29, 0.717) is 5.69 Å². The molecule has 5 nitrogen and oxygen atoms in total. The summed E-state index contributed by atoms with van der Waals surface area (Å²) in [5.41, 5.74) is -0.138. The van der Waals surface area contributed by atoms with Gasteiger partial charge in [-0.15, -0.1) is 0 Å². The van der Waals surface area contributed by atoms with Crippen molar-refractivity contribution in [3.63, 3.8) is 0 Å². The van der Waals surface area contributed by atoms with Gasteiger partial charge in [0, 0.05) is 6.92 Å². The van der Waals surface area contributed by atoms with Gasteiger partial charge in [-0.2, -0.15) is 0 Å². The summed E-state index contributed by atoms with van der Waals surface area (Å²) in [7, 11) is 0. The van der Waals surface area contributed by atoms with E-state index < -0.39 is 29.8 Å². The van der Waals surface area contributed by atoms with Gasteiger partial charge >= 0.3 is 0 Å². The number of benzene rings is 2. The van der Waals surface area contributed by atoms with Crippen molar-refractivity contribution in [3.05, 3.63) is 54.1 Å². The van der Waals surface area contributed by atoms with Crippen LogP contribution in [0.2, 0.25) is 0 Å². The lowest BCUT2D eigenvalue weighted by atomic mass is 10.3. The Hall–Kier alpha value is -2.96. The number of carbonyl (C=O) groups is 2. The lowest BCUT2D eigenvalue weighted by Gasteiger charge is -2.12. The largest absolute Gasteiger partial charge is 0.482 e. The highest BCUT2D eigenvalue weighted by atomic mass is 19.1. The maximum Gasteiger partial charge on any atom is 0.262 e. The molecule has 0 spiro atoms. The Labute approximate surface area is 131 Å². The quantitative estimate of drug-likeness (QED) is 0.890. The standard InChI is InChI=1S/C16H14F2N2O3/c1-10(21)19-13-7-2-3-8-14(13)23-9-15(22)20-16-11(17)5-4-6-12(16)18/h2-8H,9H2,1H3,(H,19,21)(H,20,22). The molecule has 0 aliphatic rings. The average Bonchev–Trinajstić information content (AvgIpc) is 2.50. The molecule has 0 aliphatic carbocycles. The van der Waals surface area contributed by atoms with Crippen LogP contribution in [0.15, 0.2) is 42.5 Å². The Bertz CT molecular complexity index is 715. The predicted octanol–water partition coefficient (Wildman–Crippen LogP) is 2.94. The number of nitrogens with one attached hydrogen (secondary N) is 2. The summed E-state index contributed by atoms with van der Waals surface area (Å²) in [6.07, 6.45) is 0. The van der Waals surface area contributed by atoms with Gasteiger partial charge in [-0.3, -0.25) is 9.59 Å². The fraction of sp³-hybridized carbons (Fsp3) is 0.125. The minimum atomic E-state index is -0.878. The van der Waals surface area contributed by atoms with E-state index in [0.717, 1.165) is 12.1 Å². The summed E-state index contributed by atoms with van der Waals surface area (Å²) in [6, 6.07) is 9.77. The fourth-order valence-electron chi connectivity index (χ4n) is 1.82. The molecule has 2 N–H and O–H groups in total. The van der Waals surface area contributed by atoms with Crippen molar-refractivity contribution in [2.45, 2.75) is 6.92 Å². The second-order valence-electron chi connectivity index (χ2n) is 4.61. The third-order valence-corrected chi connectivity index (χ3v) is 2.78. The fourth-order valence-corrected chi connectivity index (χ4v) is 1.82. The summed E-state index contributed by atoms with van der Waals surface area (Å²) >= 11 is 0. The summed E-state index contributed by atoms with van der Waals surface area (Å²) in [5, 5.41) is 4.66. The van der Waals surface area contributed by atoms with Crippen LogP contribution in [-0.4, -0.2) is 18.4 Å². The number of para-hydroxylation sites is 3. The molecule has 0 atom stereocenters. The molecule has 0 unspecified atom stereocenters. The number of carbonyl (C=O) groups excluding carboxylic acids is 2. The van der Waals surface area contributed by atoms with E-state index in [4.69, 9.17) is 4.74 Å². The first-order valence-corrected chi connectivity index (χ1v) is 6.70. The lowest BCUT2D eigenvalue weighted by Crippen LogP contribution is -2.22. The van der Waals surface area contributed by atoms with Crippen molar-refractivity contribution < 1.29 is 23.1 Å². The average molecular weight is 320 g/mol. The molecule has 23 heavy (non-hydrogen) atoms. The molecular formula is C16H14F2N2O3. The molecule has 0 saturated carbocycles. The Kier molecular flexibility index (Phi) is 5.24. The first kappa shape index (κ1) is 16.4. The number of amides is 2. The van der Waals surface area contributed by atoms with Crippen molar-refractivity contribution in [3.8, 4) is 5.75 Å². The molecule has 0 aromatic heterocycles. The molecule has 2 rings (SSSR count). The summed E-state index contributed by atoms with van der Waals surface area (Å²) in [5.74, 6) is -2.51. The number of halogens is 2. The van der Waals surface area contributed by atoms with Gasteiger partial charge in [-0.05, 0) is 24.3 Å². The summed E-state index contributed by atoms with van der Waals surface area (Å²) in [4.78, 5) is 22.9. The van der Waals surface area contributed by atoms with Gasteiger partial charge in [0.2, 0.25) is 5.91 Å². The van der Waals surface area contributed by atoms with Gasteiger partial charge in [0.05, 0.1) is 5.69 Å². The molecule has 120 valence electrons. The Balaban J connectivity index is 2.01. The van der Waals surface area contributed by atoms with E-state index in [9.17, 15) is 18.4 Å². The van der Waals surface area contributed by atoms with Crippen LogP contribution in [0.25, 0.3) is 0 Å². The van der Waals surface area contributed by atoms with E-state index >= 15 is 0 Å². The first-order chi connectivity index (χ1) is 11.0. The van der Waals surface area contributed by atoms with Crippen molar-refractivity contribution >= 4 is 23.2 Å². The molecule has 2 aromatic rings. The molecule has 2 aromatic carbocycles. The van der Waals surface area contributed by atoms with Crippen LogP contribution in [0, 0.1) is 11.6 Å². The SMILES string of the molecule is CC(=O)Nc1ccccc1OCC(=O)Nc1c(F)cccc1F. The summed E-state index contributed by atoms with van der Waals surface area (Å²) < 4.78 is 32.2. The summed E-state index contributed by atoms with van der Waals surface area (Å²) in [6.45, 7) is 0.870. The van der Waals surface area contributed by atoms with Gasteiger partial charge in [-0.1, -0.05) is 18.2 Å². The van der Waals surface area contributed by atoms with Crippen LogP contribution < -0.4 is 15.4 Å². The van der Waals surface area contributed by atoms with Crippen LogP contribution in [0.5, 0.6) is 5.75 Å². The Morgan fingerprint density at radius 3 is 2.30 bits per heavy atom. The number of anilines is 2. The van der Waals surface area contributed by atoms with Gasteiger partial charge < -0.3 is 15.4 Å². The van der Waals surface area contributed by atoms with Crippen LogP contribution >= 0.6 is 0 Å². The van der Waals surface area contributed by atoms with Gasteiger partial charge in [0.25, 0.3) is 5.91 Å². The van der Waals surface area contributed by atoms with E-state index in [1.807, 2.05) is 0 Å². The molecule has 0 saturated heterocycles. The highest BCUT2D eigenvalue weighted by molar-refractivity contribution is 5.93. The van der Waals surface area contributed by atoms with Gasteiger partial charge in [0.15, 0.2) is 6.61 Å². The highest BCUT2D eigenvalue weighted by Crippen LogP contribution is 2.24. The first-order valence-electron chi connectivity index (χ1n) is 6.70. The van der Waals surface area contributed by atoms with E-state index in [1.54, 1.807) is 24.3 Å². The van der Waals surface area contributed by atoms with Crippen LogP contribution in [0.3, 0.4) is 0 Å². The van der Waals surface area contributed by atoms with Crippen molar-refractivity contribution in [2.24, 2.45) is 0 Å². The maximum absolute atomic E-state index is 13.4. The van der Waals surface area contributed by atoms with Crippen molar-refractivity contribution in [2.75, 3.05) is 17.2 Å². The minimum absolute atomic E-state index is 0.270. The third-order valence-electron chi connectivity index (χ3n) is 2.78. The van der Waals surface area contributed by atoms with Gasteiger partial charge in [-0.25, -0.2) is 8.78 Å². The van der Waals surface area contributed by atoms with Crippen molar-refractivity contribution in [1.82, 2.24) is 0 Å². The Morgan fingerprint density at radius 1 is 1.00 bits per heavy atom. The monoisotopic (exact) mass is 320 g/mol. The van der Waals surface area contributed by atoms with Crippen LogP contribution in [0.1, 0.15) is 6.92 Å². The molecule has 0 radical (unpaired) electrons. The number of rotatable bonds is 5.